The van der Waals surface area contributed by atoms with Crippen LogP contribution in [0.3, 0.4) is 0 Å². The Balaban J connectivity index is 1.52. The van der Waals surface area contributed by atoms with Crippen LogP contribution in [-0.2, 0) is 4.74 Å². The Kier molecular flexibility index (Phi) is 7.17. The minimum atomic E-state index is -0.620. The summed E-state index contributed by atoms with van der Waals surface area (Å²) in [4.78, 5) is 17.6. The van der Waals surface area contributed by atoms with Gasteiger partial charge in [-0.2, -0.15) is 5.26 Å². The van der Waals surface area contributed by atoms with Crippen LogP contribution in [0.15, 0.2) is 79.0 Å². The number of rotatable bonds is 5. The van der Waals surface area contributed by atoms with Crippen LogP contribution in [0.25, 0.3) is 38.6 Å². The molecule has 212 valence electrons. The minimum Gasteiger partial charge on any atom is -0.456 e. The average molecular weight is 559 g/mol. The fraction of sp³-hybridized carbons (Fsp3) is 0.286. The molecule has 5 aromatic rings. The summed E-state index contributed by atoms with van der Waals surface area (Å²) in [5.41, 5.74) is 5.92. The van der Waals surface area contributed by atoms with E-state index >= 15 is 0 Å². The highest BCUT2D eigenvalue weighted by molar-refractivity contribution is 6.15. The SMILES string of the molecule is CC(C)(C)OC(=O)c1ccc(-n2c3ccccc3c3c(-c4ccc(C#N)nc4)cccc32)cc1NC1CCC(O)CC1. The predicted molar refractivity (Wildman–Crippen MR) is 166 cm³/mol. The van der Waals surface area contributed by atoms with Crippen LogP contribution in [0, 0.1) is 11.3 Å². The van der Waals surface area contributed by atoms with Crippen molar-refractivity contribution in [1.29, 1.82) is 5.26 Å². The Labute approximate surface area is 245 Å². The largest absolute Gasteiger partial charge is 0.456 e. The lowest BCUT2D eigenvalue weighted by molar-refractivity contribution is 0.00705. The molecule has 3 aromatic carbocycles. The van der Waals surface area contributed by atoms with Crippen molar-refractivity contribution in [2.45, 2.75) is 64.2 Å². The topological polar surface area (TPSA) is 100 Å². The number of anilines is 1. The number of nitriles is 1. The number of fused-ring (bicyclic) bond motifs is 3. The standard InChI is InChI=1S/C35H34N4O3/c1-35(2,3)42-34(41)28-18-15-25(19-30(28)38-23-13-16-26(40)17-14-23)39-31-9-5-4-7-29(31)33-27(8-6-10-32(33)39)22-11-12-24(20-36)37-21-22/h4-12,15,18-19,21,23,26,38,40H,13-14,16-17H2,1-3H3. The van der Waals surface area contributed by atoms with Crippen LogP contribution in [-0.4, -0.2) is 38.4 Å². The third kappa shape index (κ3) is 5.34. The predicted octanol–water partition coefficient (Wildman–Crippen LogP) is 7.39. The first-order valence-corrected chi connectivity index (χ1v) is 14.4. The maximum Gasteiger partial charge on any atom is 0.340 e. The van der Waals surface area contributed by atoms with Crippen LogP contribution in [0.5, 0.6) is 0 Å². The number of hydrogen-bond acceptors (Lipinski definition) is 6. The summed E-state index contributed by atoms with van der Waals surface area (Å²) in [5, 5.41) is 25.1. The highest BCUT2D eigenvalue weighted by Crippen LogP contribution is 2.39. The van der Waals surface area contributed by atoms with E-state index < -0.39 is 5.60 Å². The molecule has 1 aliphatic carbocycles. The molecule has 7 heteroatoms. The normalized spacial score (nSPS) is 17.2. The zero-order valence-electron chi connectivity index (χ0n) is 24.1. The number of nitrogens with zero attached hydrogens (tertiary/aromatic N) is 3. The van der Waals surface area contributed by atoms with Gasteiger partial charge in [0.15, 0.2) is 0 Å². The average Bonchev–Trinajstić information content (AvgIpc) is 3.32. The number of benzene rings is 3. The quantitative estimate of drug-likeness (QED) is 0.218. The third-order valence-corrected chi connectivity index (χ3v) is 7.82. The van der Waals surface area contributed by atoms with E-state index in [1.54, 1.807) is 12.3 Å². The molecule has 0 bridgehead atoms. The Morgan fingerprint density at radius 2 is 1.76 bits per heavy atom. The van der Waals surface area contributed by atoms with E-state index in [4.69, 9.17) is 4.74 Å². The van der Waals surface area contributed by atoms with Crippen LogP contribution in [0.1, 0.15) is 62.5 Å². The molecule has 0 saturated heterocycles. The van der Waals surface area contributed by atoms with Crippen molar-refractivity contribution >= 4 is 33.5 Å². The Morgan fingerprint density at radius 1 is 1.00 bits per heavy atom. The molecule has 0 spiro atoms. The summed E-state index contributed by atoms with van der Waals surface area (Å²) in [6.07, 6.45) is 4.61. The lowest BCUT2D eigenvalue weighted by Crippen LogP contribution is -2.30. The summed E-state index contributed by atoms with van der Waals surface area (Å²) in [5.74, 6) is -0.370. The maximum absolute atomic E-state index is 13.3. The molecular weight excluding hydrogens is 524 g/mol. The van der Waals surface area contributed by atoms with Gasteiger partial charge in [-0.15, -0.1) is 0 Å². The number of ether oxygens (including phenoxy) is 1. The van der Waals surface area contributed by atoms with Gasteiger partial charge in [-0.25, -0.2) is 9.78 Å². The molecule has 2 heterocycles. The highest BCUT2D eigenvalue weighted by atomic mass is 16.6. The highest BCUT2D eigenvalue weighted by Gasteiger charge is 2.25. The number of nitrogens with one attached hydrogen (secondary N) is 1. The lowest BCUT2D eigenvalue weighted by atomic mass is 9.92. The van der Waals surface area contributed by atoms with Crippen LogP contribution in [0.4, 0.5) is 5.69 Å². The molecule has 1 aliphatic rings. The summed E-state index contributed by atoms with van der Waals surface area (Å²) in [6.45, 7) is 5.61. The van der Waals surface area contributed by atoms with Crippen LogP contribution in [0.2, 0.25) is 0 Å². The third-order valence-electron chi connectivity index (χ3n) is 7.82. The van der Waals surface area contributed by atoms with Crippen LogP contribution >= 0.6 is 0 Å². The van der Waals surface area contributed by atoms with Gasteiger partial charge in [-0.05, 0) is 94.5 Å². The molecule has 6 rings (SSSR count). The van der Waals surface area contributed by atoms with Crippen molar-refractivity contribution in [1.82, 2.24) is 9.55 Å². The van der Waals surface area contributed by atoms with Gasteiger partial charge < -0.3 is 19.7 Å². The number of carbonyl (C=O) groups is 1. The molecule has 0 amide bonds. The smallest absolute Gasteiger partial charge is 0.340 e. The zero-order valence-corrected chi connectivity index (χ0v) is 24.1. The first-order valence-electron chi connectivity index (χ1n) is 14.4. The van der Waals surface area contributed by atoms with Crippen molar-refractivity contribution in [3.05, 3.63) is 90.3 Å². The molecule has 2 N–H and O–H groups in total. The number of hydrogen-bond donors (Lipinski definition) is 2. The van der Waals surface area contributed by atoms with Gasteiger partial charge in [-0.3, -0.25) is 0 Å². The minimum absolute atomic E-state index is 0.151. The number of para-hydroxylation sites is 1. The monoisotopic (exact) mass is 558 g/mol. The second-order valence-electron chi connectivity index (χ2n) is 12.0. The van der Waals surface area contributed by atoms with Gasteiger partial charge in [0, 0.05) is 34.3 Å². The molecule has 1 saturated carbocycles. The fourth-order valence-corrected chi connectivity index (χ4v) is 5.90. The first-order chi connectivity index (χ1) is 20.2. The summed E-state index contributed by atoms with van der Waals surface area (Å²) < 4.78 is 7.99. The summed E-state index contributed by atoms with van der Waals surface area (Å²) >= 11 is 0. The Bertz CT molecular complexity index is 1820. The van der Waals surface area contributed by atoms with Crippen molar-refractivity contribution < 1.29 is 14.6 Å². The van der Waals surface area contributed by atoms with Gasteiger partial charge in [0.2, 0.25) is 0 Å². The zero-order chi connectivity index (χ0) is 29.4. The molecule has 0 aliphatic heterocycles. The molecule has 7 nitrogen and oxygen atoms in total. The maximum atomic E-state index is 13.3. The number of esters is 1. The van der Waals surface area contributed by atoms with Gasteiger partial charge >= 0.3 is 5.97 Å². The molecule has 0 atom stereocenters. The number of aromatic nitrogens is 2. The van der Waals surface area contributed by atoms with E-state index in [1.807, 2.05) is 63.2 Å². The van der Waals surface area contributed by atoms with Crippen molar-refractivity contribution in [3.63, 3.8) is 0 Å². The number of pyridine rings is 1. The fourth-order valence-electron chi connectivity index (χ4n) is 5.90. The Morgan fingerprint density at radius 3 is 2.48 bits per heavy atom. The molecule has 42 heavy (non-hydrogen) atoms. The number of carbonyl (C=O) groups excluding carboxylic acids is 1. The van der Waals surface area contributed by atoms with Crippen molar-refractivity contribution in [2.24, 2.45) is 0 Å². The van der Waals surface area contributed by atoms with E-state index in [-0.39, 0.29) is 18.1 Å². The number of aliphatic hydroxyl groups is 1. The van der Waals surface area contributed by atoms with E-state index in [1.165, 1.54) is 0 Å². The second-order valence-corrected chi connectivity index (χ2v) is 12.0. The molecule has 1 fully saturated rings. The Hall–Kier alpha value is -4.67. The van der Waals surface area contributed by atoms with Gasteiger partial charge in [-0.1, -0.05) is 30.3 Å². The molecule has 2 aromatic heterocycles. The van der Waals surface area contributed by atoms with E-state index in [0.717, 1.165) is 70.0 Å². The second kappa shape index (κ2) is 11.0. The van der Waals surface area contributed by atoms with Crippen molar-refractivity contribution in [2.75, 3.05) is 5.32 Å². The lowest BCUT2D eigenvalue weighted by Gasteiger charge is -2.28. The summed E-state index contributed by atoms with van der Waals surface area (Å²) in [6, 6.07) is 26.3. The molecular formula is C35H34N4O3. The number of aliphatic hydroxyl groups excluding tert-OH is 1. The molecule has 0 radical (unpaired) electrons. The molecule has 0 unspecified atom stereocenters. The summed E-state index contributed by atoms with van der Waals surface area (Å²) in [7, 11) is 0. The van der Waals surface area contributed by atoms with E-state index in [2.05, 4.69) is 45.2 Å². The van der Waals surface area contributed by atoms with E-state index in [9.17, 15) is 15.2 Å². The van der Waals surface area contributed by atoms with Gasteiger partial charge in [0.25, 0.3) is 0 Å². The first kappa shape index (κ1) is 27.5. The van der Waals surface area contributed by atoms with Crippen molar-refractivity contribution in [3.8, 4) is 22.9 Å². The van der Waals surface area contributed by atoms with Gasteiger partial charge in [0.1, 0.15) is 17.4 Å². The van der Waals surface area contributed by atoms with Gasteiger partial charge in [0.05, 0.1) is 28.4 Å². The van der Waals surface area contributed by atoms with E-state index in [0.29, 0.717) is 11.3 Å². The van der Waals surface area contributed by atoms with Crippen LogP contribution < -0.4 is 5.32 Å².